The number of thioether (sulfide) groups is 1. The summed E-state index contributed by atoms with van der Waals surface area (Å²) in [5.74, 6) is 0.770. The minimum absolute atomic E-state index is 0. The van der Waals surface area contributed by atoms with Crippen LogP contribution in [0.3, 0.4) is 0 Å². The summed E-state index contributed by atoms with van der Waals surface area (Å²) >= 11 is 1.75. The van der Waals surface area contributed by atoms with Gasteiger partial charge in [-0.1, -0.05) is 0 Å². The summed E-state index contributed by atoms with van der Waals surface area (Å²) in [5.41, 5.74) is 0.351. The quantitative estimate of drug-likeness (QED) is 0.643. The van der Waals surface area contributed by atoms with Crippen molar-refractivity contribution in [2.75, 3.05) is 12.3 Å². The third kappa shape index (κ3) is 7.27. The predicted octanol–water partition coefficient (Wildman–Crippen LogP) is 2.63. The van der Waals surface area contributed by atoms with Crippen LogP contribution in [0.25, 0.3) is 0 Å². The number of amides is 1. The monoisotopic (exact) mass is 346 g/mol. The maximum Gasteiger partial charge on any atom is 0.271 e. The topological polar surface area (TPSA) is 67.8 Å². The molecule has 0 fully saturated rings. The lowest BCUT2D eigenvalue weighted by atomic mass is 10.4. The average molecular weight is 347 g/mol. The number of nitrogens with zero attached hydrogens (tertiary/aromatic N) is 3. The van der Waals surface area contributed by atoms with Gasteiger partial charge in [-0.2, -0.15) is 0 Å². The number of hydrogen-bond acceptors (Lipinski definition) is 5. The summed E-state index contributed by atoms with van der Waals surface area (Å²) in [7, 11) is 0. The summed E-state index contributed by atoms with van der Waals surface area (Å²) in [6.07, 6.45) is 8.97. The van der Waals surface area contributed by atoms with Crippen molar-refractivity contribution in [2.24, 2.45) is 0 Å². The van der Waals surface area contributed by atoms with Crippen LogP contribution in [-0.4, -0.2) is 33.2 Å². The first-order valence-electron chi connectivity index (χ1n) is 5.93. The van der Waals surface area contributed by atoms with Crippen LogP contribution in [0.2, 0.25) is 0 Å². The fraction of sp³-hybridized carbons (Fsp3) is 0.231. The van der Waals surface area contributed by atoms with Gasteiger partial charge in [0.2, 0.25) is 0 Å². The summed E-state index contributed by atoms with van der Waals surface area (Å²) < 4.78 is 0. The summed E-state index contributed by atoms with van der Waals surface area (Å²) in [5, 5.41) is 2.82. The first kappa shape index (κ1) is 19.6. The molecule has 0 bridgehead atoms. The van der Waals surface area contributed by atoms with E-state index in [0.29, 0.717) is 12.2 Å². The Labute approximate surface area is 140 Å². The largest absolute Gasteiger partial charge is 0.351 e. The number of halogens is 2. The molecule has 1 N–H and O–H groups in total. The average Bonchev–Trinajstić information content (AvgIpc) is 2.49. The second kappa shape index (κ2) is 11.3. The van der Waals surface area contributed by atoms with Gasteiger partial charge in [0, 0.05) is 36.2 Å². The Balaban J connectivity index is 0.00000200. The van der Waals surface area contributed by atoms with Gasteiger partial charge in [0.25, 0.3) is 5.91 Å². The zero-order valence-electron chi connectivity index (χ0n) is 11.1. The lowest BCUT2D eigenvalue weighted by Crippen LogP contribution is -2.25. The molecular weight excluding hydrogens is 331 g/mol. The number of hydrogen-bond donors (Lipinski definition) is 1. The second-order valence-corrected chi connectivity index (χ2v) is 4.90. The molecule has 0 aliphatic rings. The number of carbonyl (C=O) groups is 1. The Kier molecular flexibility index (Phi) is 10.6. The van der Waals surface area contributed by atoms with Crippen molar-refractivity contribution in [3.8, 4) is 0 Å². The van der Waals surface area contributed by atoms with Crippen LogP contribution in [0.15, 0.2) is 48.0 Å². The van der Waals surface area contributed by atoms with E-state index < -0.39 is 0 Å². The molecule has 8 heteroatoms. The minimum atomic E-state index is -0.179. The molecule has 0 radical (unpaired) electrons. The van der Waals surface area contributed by atoms with Gasteiger partial charge in [-0.05, 0) is 24.3 Å². The zero-order valence-corrected chi connectivity index (χ0v) is 13.6. The molecule has 0 aliphatic heterocycles. The predicted molar refractivity (Wildman–Crippen MR) is 88.4 cm³/mol. The summed E-state index contributed by atoms with van der Waals surface area (Å²) in [6, 6.07) is 3.95. The van der Waals surface area contributed by atoms with Crippen molar-refractivity contribution in [3.63, 3.8) is 0 Å². The number of nitrogens with one attached hydrogen (secondary N) is 1. The molecular formula is C13H16Cl2N4OS. The molecule has 0 saturated carbocycles. The van der Waals surface area contributed by atoms with Crippen LogP contribution in [-0.2, 0) is 0 Å². The molecule has 0 spiro atoms. The highest BCUT2D eigenvalue weighted by Gasteiger charge is 2.05. The lowest BCUT2D eigenvalue weighted by Gasteiger charge is -2.04. The van der Waals surface area contributed by atoms with Gasteiger partial charge < -0.3 is 5.32 Å². The Bertz CT molecular complexity index is 516. The van der Waals surface area contributed by atoms with Crippen molar-refractivity contribution in [1.82, 2.24) is 20.3 Å². The normalized spacial score (nSPS) is 9.14. The second-order valence-electron chi connectivity index (χ2n) is 3.73. The number of carbonyl (C=O) groups excluding carboxylic acids is 1. The van der Waals surface area contributed by atoms with Gasteiger partial charge >= 0.3 is 0 Å². The minimum Gasteiger partial charge on any atom is -0.351 e. The number of rotatable bonds is 6. The SMILES string of the molecule is Cl.Cl.O=C(NCCCSc1ccncc1)c1cnccn1. The van der Waals surface area contributed by atoms with Crippen LogP contribution in [0.1, 0.15) is 16.9 Å². The van der Waals surface area contributed by atoms with Crippen LogP contribution < -0.4 is 5.32 Å². The molecule has 0 saturated heterocycles. The highest BCUT2D eigenvalue weighted by molar-refractivity contribution is 7.99. The maximum atomic E-state index is 11.6. The van der Waals surface area contributed by atoms with E-state index in [1.165, 1.54) is 17.3 Å². The van der Waals surface area contributed by atoms with E-state index in [9.17, 15) is 4.79 Å². The van der Waals surface area contributed by atoms with Crippen molar-refractivity contribution in [2.45, 2.75) is 11.3 Å². The maximum absolute atomic E-state index is 11.6. The molecule has 1 amide bonds. The first-order valence-corrected chi connectivity index (χ1v) is 6.92. The highest BCUT2D eigenvalue weighted by atomic mass is 35.5. The molecule has 114 valence electrons. The van der Waals surface area contributed by atoms with Crippen molar-refractivity contribution < 1.29 is 4.79 Å². The first-order chi connectivity index (χ1) is 9.36. The fourth-order valence-electron chi connectivity index (χ4n) is 1.41. The lowest BCUT2D eigenvalue weighted by molar-refractivity contribution is 0.0948. The molecule has 2 heterocycles. The van der Waals surface area contributed by atoms with Gasteiger partial charge in [-0.25, -0.2) is 4.98 Å². The molecule has 21 heavy (non-hydrogen) atoms. The molecule has 0 unspecified atom stereocenters. The van der Waals surface area contributed by atoms with Gasteiger partial charge in [0.15, 0.2) is 0 Å². The zero-order chi connectivity index (χ0) is 13.3. The van der Waals surface area contributed by atoms with Gasteiger partial charge in [0.1, 0.15) is 5.69 Å². The third-order valence-electron chi connectivity index (χ3n) is 2.32. The Morgan fingerprint density at radius 2 is 1.86 bits per heavy atom. The van der Waals surface area contributed by atoms with E-state index in [1.54, 1.807) is 30.4 Å². The van der Waals surface area contributed by atoms with E-state index in [1.807, 2.05) is 12.1 Å². The van der Waals surface area contributed by atoms with E-state index in [0.717, 1.165) is 12.2 Å². The molecule has 2 aromatic heterocycles. The van der Waals surface area contributed by atoms with Crippen molar-refractivity contribution in [1.29, 1.82) is 0 Å². The van der Waals surface area contributed by atoms with Crippen LogP contribution in [0, 0.1) is 0 Å². The van der Waals surface area contributed by atoms with Crippen LogP contribution >= 0.6 is 36.6 Å². The number of aromatic nitrogens is 3. The van der Waals surface area contributed by atoms with Gasteiger partial charge in [-0.15, -0.1) is 36.6 Å². The summed E-state index contributed by atoms with van der Waals surface area (Å²) in [4.78, 5) is 24.6. The van der Waals surface area contributed by atoms with E-state index >= 15 is 0 Å². The third-order valence-corrected chi connectivity index (χ3v) is 3.42. The molecule has 2 aromatic rings. The van der Waals surface area contributed by atoms with Crippen LogP contribution in [0.5, 0.6) is 0 Å². The molecule has 2 rings (SSSR count). The molecule has 0 atom stereocenters. The Morgan fingerprint density at radius 3 is 2.52 bits per heavy atom. The summed E-state index contributed by atoms with van der Waals surface area (Å²) in [6.45, 7) is 0.632. The van der Waals surface area contributed by atoms with E-state index in [4.69, 9.17) is 0 Å². The fourth-order valence-corrected chi connectivity index (χ4v) is 2.24. The Hall–Kier alpha value is -1.37. The molecule has 5 nitrogen and oxygen atoms in total. The van der Waals surface area contributed by atoms with E-state index in [2.05, 4.69) is 20.3 Å². The Morgan fingerprint density at radius 1 is 1.10 bits per heavy atom. The van der Waals surface area contributed by atoms with Gasteiger partial charge in [-0.3, -0.25) is 14.8 Å². The van der Waals surface area contributed by atoms with Crippen molar-refractivity contribution >= 4 is 42.5 Å². The smallest absolute Gasteiger partial charge is 0.271 e. The molecule has 0 aliphatic carbocycles. The highest BCUT2D eigenvalue weighted by Crippen LogP contribution is 2.16. The van der Waals surface area contributed by atoms with Gasteiger partial charge in [0.05, 0.1) is 6.20 Å². The molecule has 0 aromatic carbocycles. The number of pyridine rings is 1. The van der Waals surface area contributed by atoms with Crippen molar-refractivity contribution in [3.05, 3.63) is 48.8 Å². The standard InChI is InChI=1S/C13H14N4OS.2ClH/c18-13(12-10-15-7-8-16-12)17-4-1-9-19-11-2-5-14-6-3-11;;/h2-3,5-8,10H,1,4,9H2,(H,17,18);2*1H. The van der Waals surface area contributed by atoms with E-state index in [-0.39, 0.29) is 30.7 Å². The van der Waals surface area contributed by atoms with Crippen LogP contribution in [0.4, 0.5) is 0 Å².